The first kappa shape index (κ1) is 15.3. The molecule has 22 heavy (non-hydrogen) atoms. The third-order valence-electron chi connectivity index (χ3n) is 4.16. The van der Waals surface area contributed by atoms with Crippen LogP contribution < -0.4 is 5.32 Å². The molecule has 2 heterocycles. The fraction of sp³-hybridized carbons (Fsp3) is 0.389. The molecule has 116 valence electrons. The van der Waals surface area contributed by atoms with Crippen LogP contribution >= 0.6 is 11.3 Å². The molecule has 0 saturated carbocycles. The van der Waals surface area contributed by atoms with Crippen molar-refractivity contribution in [3.8, 4) is 0 Å². The number of thiophene rings is 1. The molecule has 1 aromatic heterocycles. The summed E-state index contributed by atoms with van der Waals surface area (Å²) < 4.78 is 0. The zero-order valence-electron chi connectivity index (χ0n) is 12.7. The van der Waals surface area contributed by atoms with E-state index in [2.05, 4.69) is 47.1 Å². The largest absolute Gasteiger partial charge is 0.337 e. The Morgan fingerprint density at radius 1 is 1.23 bits per heavy atom. The van der Waals surface area contributed by atoms with Gasteiger partial charge in [0.1, 0.15) is 0 Å². The summed E-state index contributed by atoms with van der Waals surface area (Å²) in [7, 11) is 0. The SMILES string of the molecule is O=C([C@H]1CCNC1)N(CCc1ccccc1)Cc1cccs1. The topological polar surface area (TPSA) is 32.3 Å². The minimum Gasteiger partial charge on any atom is -0.337 e. The number of rotatable bonds is 6. The Morgan fingerprint density at radius 3 is 2.77 bits per heavy atom. The fourth-order valence-corrected chi connectivity index (χ4v) is 3.61. The monoisotopic (exact) mass is 314 g/mol. The second-order valence-electron chi connectivity index (χ2n) is 5.76. The van der Waals surface area contributed by atoms with Gasteiger partial charge in [-0.05, 0) is 36.4 Å². The molecule has 1 saturated heterocycles. The number of amides is 1. The normalized spacial score (nSPS) is 17.5. The van der Waals surface area contributed by atoms with Crippen molar-refractivity contribution in [1.82, 2.24) is 10.2 Å². The number of carbonyl (C=O) groups is 1. The first-order valence-electron chi connectivity index (χ1n) is 7.89. The van der Waals surface area contributed by atoms with Crippen LogP contribution in [0, 0.1) is 5.92 Å². The summed E-state index contributed by atoms with van der Waals surface area (Å²) in [5.74, 6) is 0.449. The van der Waals surface area contributed by atoms with E-state index in [0.717, 1.165) is 39.0 Å². The Balaban J connectivity index is 1.66. The maximum atomic E-state index is 12.8. The van der Waals surface area contributed by atoms with Gasteiger partial charge in [-0.3, -0.25) is 4.79 Å². The van der Waals surface area contributed by atoms with Crippen LogP contribution in [0.3, 0.4) is 0 Å². The lowest BCUT2D eigenvalue weighted by atomic mass is 10.1. The van der Waals surface area contributed by atoms with Gasteiger partial charge in [0.05, 0.1) is 12.5 Å². The number of benzene rings is 1. The zero-order chi connectivity index (χ0) is 15.2. The van der Waals surface area contributed by atoms with Crippen LogP contribution in [0.5, 0.6) is 0 Å². The standard InChI is InChI=1S/C18H22N2OS/c21-18(16-8-10-19-13-16)20(14-17-7-4-12-22-17)11-9-15-5-2-1-3-6-15/h1-7,12,16,19H,8-11,13-14H2/t16-/m0/s1. The summed E-state index contributed by atoms with van der Waals surface area (Å²) in [6, 6.07) is 14.6. The molecule has 0 spiro atoms. The maximum Gasteiger partial charge on any atom is 0.227 e. The highest BCUT2D eigenvalue weighted by Crippen LogP contribution is 2.17. The number of carbonyl (C=O) groups excluding carboxylic acids is 1. The third-order valence-corrected chi connectivity index (χ3v) is 5.02. The first-order valence-corrected chi connectivity index (χ1v) is 8.77. The molecule has 1 aromatic carbocycles. The Morgan fingerprint density at radius 2 is 2.09 bits per heavy atom. The summed E-state index contributed by atoms with van der Waals surface area (Å²) in [5.41, 5.74) is 1.29. The maximum absolute atomic E-state index is 12.8. The minimum absolute atomic E-state index is 0.149. The van der Waals surface area contributed by atoms with Gasteiger partial charge in [-0.2, -0.15) is 0 Å². The predicted octanol–water partition coefficient (Wildman–Crippen LogP) is 2.93. The summed E-state index contributed by atoms with van der Waals surface area (Å²) in [5, 5.41) is 5.37. The molecule has 4 heteroatoms. The van der Waals surface area contributed by atoms with Gasteiger partial charge in [0.2, 0.25) is 5.91 Å². The third kappa shape index (κ3) is 3.96. The molecular formula is C18H22N2OS. The molecule has 3 rings (SSSR count). The Labute approximate surface area is 136 Å². The van der Waals surface area contributed by atoms with Crippen LogP contribution in [-0.4, -0.2) is 30.4 Å². The van der Waals surface area contributed by atoms with Crippen molar-refractivity contribution >= 4 is 17.2 Å². The molecule has 3 nitrogen and oxygen atoms in total. The summed E-state index contributed by atoms with van der Waals surface area (Å²) in [6.07, 6.45) is 1.88. The van der Waals surface area contributed by atoms with E-state index in [1.807, 2.05) is 11.0 Å². The van der Waals surface area contributed by atoms with Crippen molar-refractivity contribution in [1.29, 1.82) is 0 Å². The minimum atomic E-state index is 0.149. The van der Waals surface area contributed by atoms with E-state index in [4.69, 9.17) is 0 Å². The summed E-state index contributed by atoms with van der Waals surface area (Å²) in [6.45, 7) is 3.31. The molecule has 2 aromatic rings. The Hall–Kier alpha value is -1.65. The van der Waals surface area contributed by atoms with Gasteiger partial charge in [0.25, 0.3) is 0 Å². The van der Waals surface area contributed by atoms with E-state index in [0.29, 0.717) is 5.91 Å². The van der Waals surface area contributed by atoms with Gasteiger partial charge >= 0.3 is 0 Å². The predicted molar refractivity (Wildman–Crippen MR) is 90.9 cm³/mol. The lowest BCUT2D eigenvalue weighted by Gasteiger charge is -2.25. The highest BCUT2D eigenvalue weighted by molar-refractivity contribution is 7.09. The quantitative estimate of drug-likeness (QED) is 0.889. The van der Waals surface area contributed by atoms with Gasteiger partial charge in [-0.1, -0.05) is 36.4 Å². The van der Waals surface area contributed by atoms with Crippen LogP contribution in [0.25, 0.3) is 0 Å². The molecule has 1 aliphatic rings. The van der Waals surface area contributed by atoms with Gasteiger partial charge < -0.3 is 10.2 Å². The number of nitrogens with zero attached hydrogens (tertiary/aromatic N) is 1. The van der Waals surface area contributed by atoms with Crippen molar-refractivity contribution in [3.05, 3.63) is 58.3 Å². The van der Waals surface area contributed by atoms with Gasteiger partial charge in [0, 0.05) is 18.0 Å². The van der Waals surface area contributed by atoms with Crippen molar-refractivity contribution in [2.24, 2.45) is 5.92 Å². The molecule has 1 aliphatic heterocycles. The number of hydrogen-bond donors (Lipinski definition) is 1. The van der Waals surface area contributed by atoms with E-state index < -0.39 is 0 Å². The Kier molecular flexibility index (Phi) is 5.24. The molecule has 0 radical (unpaired) electrons. The molecule has 0 bridgehead atoms. The van der Waals surface area contributed by atoms with E-state index >= 15 is 0 Å². The van der Waals surface area contributed by atoms with Crippen LogP contribution in [0.15, 0.2) is 47.8 Å². The second kappa shape index (κ2) is 7.56. The van der Waals surface area contributed by atoms with Crippen LogP contribution in [0.2, 0.25) is 0 Å². The number of hydrogen-bond acceptors (Lipinski definition) is 3. The molecular weight excluding hydrogens is 292 g/mol. The molecule has 0 unspecified atom stereocenters. The van der Waals surface area contributed by atoms with Crippen LogP contribution in [0.4, 0.5) is 0 Å². The van der Waals surface area contributed by atoms with E-state index in [1.54, 1.807) is 11.3 Å². The molecule has 1 N–H and O–H groups in total. The average molecular weight is 314 g/mol. The molecule has 1 atom stereocenters. The Bertz CT molecular complexity index is 576. The average Bonchev–Trinajstić information content (AvgIpc) is 3.25. The smallest absolute Gasteiger partial charge is 0.227 e. The van der Waals surface area contributed by atoms with Gasteiger partial charge in [0.15, 0.2) is 0 Å². The van der Waals surface area contributed by atoms with Crippen molar-refractivity contribution in [2.75, 3.05) is 19.6 Å². The summed E-state index contributed by atoms with van der Waals surface area (Å²) in [4.78, 5) is 16.1. The molecule has 1 amide bonds. The van der Waals surface area contributed by atoms with Crippen LogP contribution in [0.1, 0.15) is 16.9 Å². The van der Waals surface area contributed by atoms with Gasteiger partial charge in [-0.25, -0.2) is 0 Å². The van der Waals surface area contributed by atoms with Crippen molar-refractivity contribution < 1.29 is 4.79 Å². The lowest BCUT2D eigenvalue weighted by Crippen LogP contribution is -2.37. The lowest BCUT2D eigenvalue weighted by molar-refractivity contribution is -0.135. The van der Waals surface area contributed by atoms with E-state index in [1.165, 1.54) is 10.4 Å². The zero-order valence-corrected chi connectivity index (χ0v) is 13.5. The molecule has 1 fully saturated rings. The first-order chi connectivity index (χ1) is 10.8. The van der Waals surface area contributed by atoms with Crippen LogP contribution in [-0.2, 0) is 17.8 Å². The second-order valence-corrected chi connectivity index (χ2v) is 6.80. The highest BCUT2D eigenvalue weighted by Gasteiger charge is 2.27. The number of nitrogens with one attached hydrogen (secondary N) is 1. The van der Waals surface area contributed by atoms with Gasteiger partial charge in [-0.15, -0.1) is 11.3 Å². The van der Waals surface area contributed by atoms with Crippen molar-refractivity contribution in [3.63, 3.8) is 0 Å². The molecule has 0 aliphatic carbocycles. The highest BCUT2D eigenvalue weighted by atomic mass is 32.1. The summed E-state index contributed by atoms with van der Waals surface area (Å²) >= 11 is 1.72. The van der Waals surface area contributed by atoms with E-state index in [9.17, 15) is 4.79 Å². The fourth-order valence-electron chi connectivity index (χ4n) is 2.89. The van der Waals surface area contributed by atoms with E-state index in [-0.39, 0.29) is 5.92 Å². The van der Waals surface area contributed by atoms with Crippen molar-refractivity contribution in [2.45, 2.75) is 19.4 Å².